The van der Waals surface area contributed by atoms with Gasteiger partial charge >= 0.3 is 0 Å². The summed E-state index contributed by atoms with van der Waals surface area (Å²) < 4.78 is 14.2. The third kappa shape index (κ3) is 3.43. The summed E-state index contributed by atoms with van der Waals surface area (Å²) in [6, 6.07) is 12.7. The van der Waals surface area contributed by atoms with Gasteiger partial charge in [-0.25, -0.2) is 4.39 Å². The lowest BCUT2D eigenvalue weighted by Gasteiger charge is -2.12. The molecule has 0 aliphatic carbocycles. The fraction of sp³-hybridized carbons (Fsp3) is 0.143. The molecule has 2 aromatic carbocycles. The van der Waals surface area contributed by atoms with E-state index in [4.69, 9.17) is 17.3 Å². The molecule has 0 heterocycles. The molecule has 0 spiro atoms. The molecule has 1 atom stereocenters. The van der Waals surface area contributed by atoms with Gasteiger partial charge in [-0.15, -0.1) is 0 Å². The van der Waals surface area contributed by atoms with Gasteiger partial charge in [0.05, 0.1) is 5.02 Å². The van der Waals surface area contributed by atoms with Crippen molar-refractivity contribution in [3.63, 3.8) is 0 Å². The Bertz CT molecular complexity index is 542. The highest BCUT2D eigenvalue weighted by Crippen LogP contribution is 2.21. The zero-order chi connectivity index (χ0) is 13.1. The van der Waals surface area contributed by atoms with Crippen LogP contribution in [-0.2, 0) is 6.42 Å². The molecule has 2 rings (SSSR count). The van der Waals surface area contributed by atoms with Crippen LogP contribution in [0.2, 0.25) is 5.02 Å². The molecule has 2 N–H and O–H groups in total. The molecule has 2 aromatic rings. The van der Waals surface area contributed by atoms with Gasteiger partial charge in [-0.05, 0) is 64.4 Å². The van der Waals surface area contributed by atoms with Crippen molar-refractivity contribution in [2.24, 2.45) is 5.73 Å². The Labute approximate surface area is 124 Å². The number of nitrogens with two attached hydrogens (primary N) is 1. The monoisotopic (exact) mass is 375 g/mol. The topological polar surface area (TPSA) is 26.0 Å². The van der Waals surface area contributed by atoms with Crippen LogP contribution >= 0.6 is 34.2 Å². The number of hydrogen-bond donors (Lipinski definition) is 1. The quantitative estimate of drug-likeness (QED) is 0.794. The van der Waals surface area contributed by atoms with Gasteiger partial charge in [0.25, 0.3) is 0 Å². The van der Waals surface area contributed by atoms with E-state index in [-0.39, 0.29) is 11.1 Å². The van der Waals surface area contributed by atoms with Crippen molar-refractivity contribution in [3.05, 3.63) is 68.0 Å². The van der Waals surface area contributed by atoms with Gasteiger partial charge in [0, 0.05) is 9.61 Å². The Morgan fingerprint density at radius 2 is 1.83 bits per heavy atom. The van der Waals surface area contributed by atoms with Crippen LogP contribution in [-0.4, -0.2) is 0 Å². The molecule has 0 amide bonds. The van der Waals surface area contributed by atoms with Crippen LogP contribution in [0, 0.1) is 9.39 Å². The number of hydrogen-bond acceptors (Lipinski definition) is 1. The van der Waals surface area contributed by atoms with Gasteiger partial charge in [-0.2, -0.15) is 0 Å². The molecule has 1 unspecified atom stereocenters. The van der Waals surface area contributed by atoms with E-state index in [2.05, 4.69) is 22.6 Å². The molecule has 1 nitrogen and oxygen atoms in total. The summed E-state index contributed by atoms with van der Waals surface area (Å²) in [5, 5.41) is 0.141. The molecule has 0 radical (unpaired) electrons. The minimum absolute atomic E-state index is 0.108. The van der Waals surface area contributed by atoms with E-state index in [1.807, 2.05) is 24.3 Å². The normalized spacial score (nSPS) is 12.4. The Hall–Kier alpha value is -0.650. The number of halogens is 3. The van der Waals surface area contributed by atoms with E-state index in [1.54, 1.807) is 12.1 Å². The molecule has 4 heteroatoms. The fourth-order valence-corrected chi connectivity index (χ4v) is 2.31. The first-order valence-electron chi connectivity index (χ1n) is 5.51. The first kappa shape index (κ1) is 13.8. The van der Waals surface area contributed by atoms with Crippen molar-refractivity contribution in [1.82, 2.24) is 0 Å². The van der Waals surface area contributed by atoms with Crippen LogP contribution in [0.25, 0.3) is 0 Å². The molecule has 94 valence electrons. The first-order chi connectivity index (χ1) is 8.56. The third-order valence-electron chi connectivity index (χ3n) is 2.74. The molecule has 0 aliphatic rings. The van der Waals surface area contributed by atoms with E-state index >= 15 is 0 Å². The van der Waals surface area contributed by atoms with Crippen LogP contribution in [0.15, 0.2) is 42.5 Å². The lowest BCUT2D eigenvalue weighted by atomic mass is 10.00. The van der Waals surface area contributed by atoms with Crippen LogP contribution in [0.4, 0.5) is 4.39 Å². The van der Waals surface area contributed by atoms with E-state index < -0.39 is 5.82 Å². The maximum Gasteiger partial charge on any atom is 0.141 e. The Morgan fingerprint density at radius 1 is 1.17 bits per heavy atom. The van der Waals surface area contributed by atoms with Crippen LogP contribution in [0.5, 0.6) is 0 Å². The summed E-state index contributed by atoms with van der Waals surface area (Å²) in [4.78, 5) is 0. The van der Waals surface area contributed by atoms with E-state index in [1.165, 1.54) is 9.64 Å². The third-order valence-corrected chi connectivity index (χ3v) is 3.75. The van der Waals surface area contributed by atoms with Gasteiger partial charge in [-0.1, -0.05) is 29.8 Å². The minimum Gasteiger partial charge on any atom is -0.324 e. The van der Waals surface area contributed by atoms with Crippen LogP contribution < -0.4 is 5.73 Å². The summed E-state index contributed by atoms with van der Waals surface area (Å²) in [6.07, 6.45) is 0.639. The average Bonchev–Trinajstić information content (AvgIpc) is 2.34. The van der Waals surface area contributed by atoms with Crippen molar-refractivity contribution in [2.45, 2.75) is 12.5 Å². The summed E-state index contributed by atoms with van der Waals surface area (Å²) in [6.45, 7) is 0. The highest BCUT2D eigenvalue weighted by molar-refractivity contribution is 14.1. The molecule has 0 saturated heterocycles. The molecule has 0 aromatic heterocycles. The standard InChI is InChI=1S/C14H12ClFIN/c15-12-7-9(1-6-13(12)16)8-14(18)10-2-4-11(17)5-3-10/h1-7,14H,8,18H2. The molecule has 0 fully saturated rings. The molecule has 0 saturated carbocycles. The van der Waals surface area contributed by atoms with Gasteiger partial charge in [0.2, 0.25) is 0 Å². The van der Waals surface area contributed by atoms with Gasteiger partial charge < -0.3 is 5.73 Å². The van der Waals surface area contributed by atoms with E-state index in [9.17, 15) is 4.39 Å². The molecule has 0 aliphatic heterocycles. The predicted octanol–water partition coefficient (Wildman–Crippen LogP) is 4.33. The SMILES string of the molecule is NC(Cc1ccc(F)c(Cl)c1)c1ccc(I)cc1. The van der Waals surface area contributed by atoms with Crippen LogP contribution in [0.3, 0.4) is 0 Å². The van der Waals surface area contributed by atoms with Gasteiger partial charge in [-0.3, -0.25) is 0 Å². The lowest BCUT2D eigenvalue weighted by Crippen LogP contribution is -2.13. The van der Waals surface area contributed by atoms with Gasteiger partial charge in [0.1, 0.15) is 5.82 Å². The second kappa shape index (κ2) is 5.99. The Morgan fingerprint density at radius 3 is 2.44 bits per heavy atom. The first-order valence-corrected chi connectivity index (χ1v) is 6.97. The average molecular weight is 376 g/mol. The predicted molar refractivity (Wildman–Crippen MR) is 81.2 cm³/mol. The maximum absolute atomic E-state index is 13.0. The summed E-state index contributed by atoms with van der Waals surface area (Å²) in [5.41, 5.74) is 8.13. The van der Waals surface area contributed by atoms with Crippen molar-refractivity contribution in [3.8, 4) is 0 Å². The van der Waals surface area contributed by atoms with Crippen molar-refractivity contribution < 1.29 is 4.39 Å². The van der Waals surface area contributed by atoms with Gasteiger partial charge in [0.15, 0.2) is 0 Å². The highest BCUT2D eigenvalue weighted by atomic mass is 127. The number of rotatable bonds is 3. The summed E-state index contributed by atoms with van der Waals surface area (Å²) in [5.74, 6) is -0.400. The second-order valence-electron chi connectivity index (χ2n) is 4.11. The molecular formula is C14H12ClFIN. The highest BCUT2D eigenvalue weighted by Gasteiger charge is 2.08. The van der Waals surface area contributed by atoms with E-state index in [0.29, 0.717) is 6.42 Å². The minimum atomic E-state index is -0.400. The van der Waals surface area contributed by atoms with Crippen molar-refractivity contribution >= 4 is 34.2 Å². The smallest absolute Gasteiger partial charge is 0.141 e. The second-order valence-corrected chi connectivity index (χ2v) is 5.76. The molecular weight excluding hydrogens is 364 g/mol. The Balaban J connectivity index is 2.13. The summed E-state index contributed by atoms with van der Waals surface area (Å²) in [7, 11) is 0. The zero-order valence-corrected chi connectivity index (χ0v) is 12.5. The van der Waals surface area contributed by atoms with Crippen LogP contribution in [0.1, 0.15) is 17.2 Å². The largest absolute Gasteiger partial charge is 0.324 e. The van der Waals surface area contributed by atoms with Crippen molar-refractivity contribution in [1.29, 1.82) is 0 Å². The van der Waals surface area contributed by atoms with Crippen molar-refractivity contribution in [2.75, 3.05) is 0 Å². The van der Waals surface area contributed by atoms with E-state index in [0.717, 1.165) is 11.1 Å². The summed E-state index contributed by atoms with van der Waals surface area (Å²) >= 11 is 8.00. The number of benzene rings is 2. The maximum atomic E-state index is 13.0. The zero-order valence-electron chi connectivity index (χ0n) is 9.54. The Kier molecular flexibility index (Phi) is 4.59. The fourth-order valence-electron chi connectivity index (χ4n) is 1.75. The molecule has 0 bridgehead atoms. The molecule has 18 heavy (non-hydrogen) atoms. The lowest BCUT2D eigenvalue weighted by molar-refractivity contribution is 0.626.